The second-order valence-corrected chi connectivity index (χ2v) is 7.52. The van der Waals surface area contributed by atoms with Crippen LogP contribution in [0.5, 0.6) is 0 Å². The third-order valence-corrected chi connectivity index (χ3v) is 5.59. The van der Waals surface area contributed by atoms with Gasteiger partial charge in [0.25, 0.3) is 0 Å². The largest absolute Gasteiger partial charge is 0.378 e. The van der Waals surface area contributed by atoms with Crippen molar-refractivity contribution in [1.29, 1.82) is 0 Å². The summed E-state index contributed by atoms with van der Waals surface area (Å²) in [6, 6.07) is 11.2. The van der Waals surface area contributed by atoms with Crippen LogP contribution < -0.4 is 10.9 Å². The molecular weight excluding hydrogens is 374 g/mol. The van der Waals surface area contributed by atoms with Gasteiger partial charge in [-0.05, 0) is 56.5 Å². The first-order valence-corrected chi connectivity index (χ1v) is 9.78. The number of nitrogens with one attached hydrogen (secondary N) is 1. The number of anilines is 1. The Morgan fingerprint density at radius 1 is 1.10 bits per heavy atom. The zero-order chi connectivity index (χ0) is 21.4. The molecule has 1 aromatic carbocycles. The molecule has 150 valence electrons. The van der Waals surface area contributed by atoms with Crippen LogP contribution in [0.1, 0.15) is 28.1 Å². The normalized spacial score (nSPS) is 10.9. The van der Waals surface area contributed by atoms with Crippen LogP contribution in [-0.4, -0.2) is 14.0 Å². The molecule has 0 saturated carbocycles. The minimum atomic E-state index is -0.238. The number of aryl methyl sites for hydroxylation is 4. The van der Waals surface area contributed by atoms with Crippen LogP contribution in [0.3, 0.4) is 0 Å². The molecule has 0 aliphatic carbocycles. The Kier molecular flexibility index (Phi) is 4.88. The molecule has 4 aromatic rings. The molecule has 3 heterocycles. The second-order valence-electron chi connectivity index (χ2n) is 7.52. The lowest BCUT2D eigenvalue weighted by Gasteiger charge is -2.15. The summed E-state index contributed by atoms with van der Waals surface area (Å²) in [7, 11) is 0. The fourth-order valence-corrected chi connectivity index (χ4v) is 3.68. The maximum absolute atomic E-state index is 12.6. The third-order valence-electron chi connectivity index (χ3n) is 5.59. The van der Waals surface area contributed by atoms with Crippen molar-refractivity contribution in [2.45, 2.75) is 34.2 Å². The molecule has 0 aliphatic heterocycles. The van der Waals surface area contributed by atoms with E-state index in [9.17, 15) is 4.79 Å². The molecule has 0 spiro atoms. The first kappa shape index (κ1) is 19.5. The van der Waals surface area contributed by atoms with E-state index in [-0.39, 0.29) is 5.56 Å². The zero-order valence-corrected chi connectivity index (χ0v) is 17.5. The highest BCUT2D eigenvalue weighted by Crippen LogP contribution is 2.25. The fraction of sp³-hybridized carbons (Fsp3) is 0.208. The van der Waals surface area contributed by atoms with E-state index in [4.69, 9.17) is 11.6 Å². The molecule has 6 nitrogen and oxygen atoms in total. The summed E-state index contributed by atoms with van der Waals surface area (Å²) < 4.78 is 3.56. The van der Waals surface area contributed by atoms with Crippen LogP contribution in [0.2, 0.25) is 0 Å². The van der Waals surface area contributed by atoms with Gasteiger partial charge in [-0.15, -0.1) is 0 Å². The summed E-state index contributed by atoms with van der Waals surface area (Å²) in [5.74, 6) is 0. The van der Waals surface area contributed by atoms with Gasteiger partial charge in [-0.25, -0.2) is 9.83 Å². The van der Waals surface area contributed by atoms with Gasteiger partial charge in [0.05, 0.1) is 23.6 Å². The fourth-order valence-electron chi connectivity index (χ4n) is 3.68. The zero-order valence-electron chi connectivity index (χ0n) is 17.5. The summed E-state index contributed by atoms with van der Waals surface area (Å²) in [5.41, 5.74) is 8.17. The Labute approximate surface area is 175 Å². The highest BCUT2D eigenvalue weighted by molar-refractivity contribution is 5.72. The number of hydrogen-bond donors (Lipinski definition) is 1. The number of nitrogens with zero attached hydrogens (tertiary/aromatic N) is 4. The van der Waals surface area contributed by atoms with E-state index >= 15 is 0 Å². The predicted octanol–water partition coefficient (Wildman–Crippen LogP) is 4.88. The lowest BCUT2D eigenvalue weighted by atomic mass is 10.0. The lowest BCUT2D eigenvalue weighted by molar-refractivity contribution is 0.961. The first-order valence-electron chi connectivity index (χ1n) is 9.78. The highest BCUT2D eigenvalue weighted by Gasteiger charge is 2.13. The van der Waals surface area contributed by atoms with Crippen LogP contribution in [-0.2, 0) is 6.54 Å². The maximum Gasteiger partial charge on any atom is 0.244 e. The molecule has 0 atom stereocenters. The van der Waals surface area contributed by atoms with E-state index in [0.29, 0.717) is 17.9 Å². The minimum absolute atomic E-state index is 0.238. The second kappa shape index (κ2) is 7.53. The van der Waals surface area contributed by atoms with Gasteiger partial charge in [-0.3, -0.25) is 9.36 Å². The van der Waals surface area contributed by atoms with Crippen LogP contribution in [0.15, 0.2) is 53.6 Å². The van der Waals surface area contributed by atoms with Gasteiger partial charge in [0, 0.05) is 30.7 Å². The monoisotopic (exact) mass is 397 g/mol. The Bertz CT molecular complexity index is 1350. The summed E-state index contributed by atoms with van der Waals surface area (Å²) in [5, 5.41) is 3.53. The average Bonchev–Trinajstić information content (AvgIpc) is 3.01. The van der Waals surface area contributed by atoms with Gasteiger partial charge in [0.15, 0.2) is 11.3 Å². The van der Waals surface area contributed by atoms with E-state index in [1.54, 1.807) is 16.8 Å². The van der Waals surface area contributed by atoms with Crippen molar-refractivity contribution >= 4 is 17.0 Å². The average molecular weight is 397 g/mol. The molecule has 0 saturated heterocycles. The summed E-state index contributed by atoms with van der Waals surface area (Å²) in [6.45, 7) is 16.0. The predicted molar refractivity (Wildman–Crippen MR) is 120 cm³/mol. The number of aromatic nitrogens is 3. The van der Waals surface area contributed by atoms with Crippen molar-refractivity contribution in [1.82, 2.24) is 14.0 Å². The van der Waals surface area contributed by atoms with E-state index in [1.165, 1.54) is 22.8 Å². The summed E-state index contributed by atoms with van der Waals surface area (Å²) in [6.07, 6.45) is 3.55. The Morgan fingerprint density at radius 2 is 1.83 bits per heavy atom. The molecule has 0 unspecified atom stereocenters. The van der Waals surface area contributed by atoms with Gasteiger partial charge in [-0.1, -0.05) is 18.2 Å². The Morgan fingerprint density at radius 3 is 2.50 bits per heavy atom. The van der Waals surface area contributed by atoms with E-state index in [0.717, 1.165) is 22.7 Å². The van der Waals surface area contributed by atoms with Crippen LogP contribution in [0, 0.1) is 34.3 Å². The molecule has 4 rings (SSSR count). The summed E-state index contributed by atoms with van der Waals surface area (Å²) in [4.78, 5) is 20.6. The van der Waals surface area contributed by atoms with Crippen LogP contribution >= 0.6 is 0 Å². The molecule has 0 radical (unpaired) electrons. The van der Waals surface area contributed by atoms with Gasteiger partial charge >= 0.3 is 0 Å². The number of benzene rings is 1. The number of rotatable bonds is 4. The quantitative estimate of drug-likeness (QED) is 0.499. The van der Waals surface area contributed by atoms with Crippen LogP contribution in [0.4, 0.5) is 11.4 Å². The first-order chi connectivity index (χ1) is 14.4. The molecule has 0 amide bonds. The van der Waals surface area contributed by atoms with Gasteiger partial charge in [0.1, 0.15) is 0 Å². The smallest absolute Gasteiger partial charge is 0.244 e. The van der Waals surface area contributed by atoms with Crippen molar-refractivity contribution < 1.29 is 0 Å². The molecule has 0 aliphatic rings. The molecular formula is C24H23N5O. The van der Waals surface area contributed by atoms with Crippen molar-refractivity contribution in [3.05, 3.63) is 98.6 Å². The van der Waals surface area contributed by atoms with Gasteiger partial charge in [-0.2, -0.15) is 0 Å². The molecule has 1 N–H and O–H groups in total. The SMILES string of the molecule is [C-]#[N+]c1ccn(-c2cc(NCc3c(C)cccc3C)c3nc(C)c(C)n3c2)c(=O)c1. The number of hydrogen-bond acceptors (Lipinski definition) is 3. The topological polar surface area (TPSA) is 55.7 Å². The van der Waals surface area contributed by atoms with Crippen LogP contribution in [0.25, 0.3) is 16.2 Å². The maximum atomic E-state index is 12.6. The molecule has 6 heteroatoms. The van der Waals surface area contributed by atoms with Gasteiger partial charge in [0.2, 0.25) is 5.56 Å². The lowest BCUT2D eigenvalue weighted by Crippen LogP contribution is -2.17. The number of imidazole rings is 1. The van der Waals surface area contributed by atoms with Crippen molar-refractivity contribution in [2.75, 3.05) is 5.32 Å². The van der Waals surface area contributed by atoms with E-state index in [2.05, 4.69) is 42.2 Å². The number of pyridine rings is 2. The van der Waals surface area contributed by atoms with E-state index in [1.807, 2.05) is 30.5 Å². The minimum Gasteiger partial charge on any atom is -0.378 e. The molecule has 30 heavy (non-hydrogen) atoms. The van der Waals surface area contributed by atoms with Crippen molar-refractivity contribution in [3.63, 3.8) is 0 Å². The highest BCUT2D eigenvalue weighted by atomic mass is 16.1. The third kappa shape index (κ3) is 3.35. The van der Waals surface area contributed by atoms with E-state index < -0.39 is 0 Å². The Balaban J connectivity index is 1.84. The standard InChI is InChI=1S/C24H23N5O/c1-15-7-6-8-16(2)21(15)13-26-22-12-20(14-29-18(4)17(3)27-24(22)29)28-10-9-19(25-5)11-23(28)30/h6-12,14,26H,13H2,1-4H3. The van der Waals surface area contributed by atoms with Crippen molar-refractivity contribution in [2.24, 2.45) is 0 Å². The Hall–Kier alpha value is -3.85. The van der Waals surface area contributed by atoms with Gasteiger partial charge < -0.3 is 9.72 Å². The number of fused-ring (bicyclic) bond motifs is 1. The van der Waals surface area contributed by atoms with Crippen molar-refractivity contribution in [3.8, 4) is 5.69 Å². The molecule has 0 bridgehead atoms. The summed E-state index contributed by atoms with van der Waals surface area (Å²) >= 11 is 0. The molecule has 3 aromatic heterocycles. The molecule has 0 fully saturated rings.